The average molecular weight is 289 g/mol. The Morgan fingerprint density at radius 1 is 1.29 bits per heavy atom. The van der Waals surface area contributed by atoms with E-state index in [1.807, 2.05) is 25.1 Å². The fourth-order valence-electron chi connectivity index (χ4n) is 1.97. The van der Waals surface area contributed by atoms with Crippen LogP contribution >= 0.6 is 0 Å². The second kappa shape index (κ2) is 6.16. The summed E-state index contributed by atoms with van der Waals surface area (Å²) < 4.78 is 5.50. The summed E-state index contributed by atoms with van der Waals surface area (Å²) in [4.78, 5) is 15.9. The molecule has 1 aromatic carbocycles. The lowest BCUT2D eigenvalue weighted by Gasteiger charge is -2.18. The number of aromatic nitrogens is 1. The lowest BCUT2D eigenvalue weighted by atomic mass is 9.97. The third-order valence-corrected chi connectivity index (χ3v) is 3.04. The Morgan fingerprint density at radius 3 is 2.76 bits per heavy atom. The molecular weight excluding hydrogens is 266 g/mol. The highest BCUT2D eigenvalue weighted by molar-refractivity contribution is 5.74. The maximum Gasteiger partial charge on any atom is 0.314 e. The molecular formula is C16H23N3O2. The van der Waals surface area contributed by atoms with Gasteiger partial charge in [-0.1, -0.05) is 26.8 Å². The SMILES string of the molecule is Cc1nc2ccc(CCNC(=O)NCC(C)(C)C)cc2o1. The van der Waals surface area contributed by atoms with Crippen molar-refractivity contribution < 1.29 is 9.21 Å². The van der Waals surface area contributed by atoms with Gasteiger partial charge in [0.2, 0.25) is 0 Å². The van der Waals surface area contributed by atoms with Gasteiger partial charge in [-0.25, -0.2) is 9.78 Å². The number of rotatable bonds is 4. The van der Waals surface area contributed by atoms with Crippen molar-refractivity contribution in [2.75, 3.05) is 13.1 Å². The normalized spacial score (nSPS) is 11.6. The van der Waals surface area contributed by atoms with E-state index in [0.29, 0.717) is 19.0 Å². The van der Waals surface area contributed by atoms with Gasteiger partial charge in [-0.05, 0) is 29.5 Å². The summed E-state index contributed by atoms with van der Waals surface area (Å²) in [5.74, 6) is 0.668. The largest absolute Gasteiger partial charge is 0.441 e. The van der Waals surface area contributed by atoms with Crippen molar-refractivity contribution in [1.82, 2.24) is 15.6 Å². The van der Waals surface area contributed by atoms with E-state index in [2.05, 4.69) is 36.4 Å². The van der Waals surface area contributed by atoms with E-state index in [0.717, 1.165) is 23.1 Å². The molecule has 0 saturated carbocycles. The minimum atomic E-state index is -0.124. The van der Waals surface area contributed by atoms with Crippen LogP contribution in [-0.4, -0.2) is 24.1 Å². The van der Waals surface area contributed by atoms with Gasteiger partial charge in [0.15, 0.2) is 11.5 Å². The summed E-state index contributed by atoms with van der Waals surface area (Å²) in [5.41, 5.74) is 2.87. The van der Waals surface area contributed by atoms with Crippen molar-refractivity contribution in [3.05, 3.63) is 29.7 Å². The smallest absolute Gasteiger partial charge is 0.314 e. The quantitative estimate of drug-likeness (QED) is 0.909. The second-order valence-electron chi connectivity index (χ2n) is 6.46. The monoisotopic (exact) mass is 289 g/mol. The number of benzene rings is 1. The third kappa shape index (κ3) is 4.77. The molecule has 0 aliphatic heterocycles. The zero-order valence-corrected chi connectivity index (χ0v) is 13.1. The lowest BCUT2D eigenvalue weighted by molar-refractivity contribution is 0.235. The Morgan fingerprint density at radius 2 is 2.05 bits per heavy atom. The van der Waals surface area contributed by atoms with Crippen LogP contribution < -0.4 is 10.6 Å². The van der Waals surface area contributed by atoms with Crippen LogP contribution in [0.3, 0.4) is 0 Å². The number of nitrogens with one attached hydrogen (secondary N) is 2. The van der Waals surface area contributed by atoms with Gasteiger partial charge < -0.3 is 15.1 Å². The van der Waals surface area contributed by atoms with Gasteiger partial charge in [0.1, 0.15) is 5.52 Å². The van der Waals surface area contributed by atoms with Gasteiger partial charge in [0, 0.05) is 20.0 Å². The highest BCUT2D eigenvalue weighted by atomic mass is 16.3. The molecule has 21 heavy (non-hydrogen) atoms. The van der Waals surface area contributed by atoms with Gasteiger partial charge in [-0.15, -0.1) is 0 Å². The van der Waals surface area contributed by atoms with E-state index in [4.69, 9.17) is 4.42 Å². The molecule has 0 radical (unpaired) electrons. The number of urea groups is 1. The van der Waals surface area contributed by atoms with Crippen molar-refractivity contribution in [2.45, 2.75) is 34.1 Å². The van der Waals surface area contributed by atoms with Crippen molar-refractivity contribution in [1.29, 1.82) is 0 Å². The topological polar surface area (TPSA) is 67.2 Å². The van der Waals surface area contributed by atoms with Gasteiger partial charge in [-0.2, -0.15) is 0 Å². The Hall–Kier alpha value is -2.04. The van der Waals surface area contributed by atoms with Gasteiger partial charge >= 0.3 is 6.03 Å². The zero-order valence-electron chi connectivity index (χ0n) is 13.1. The molecule has 114 valence electrons. The Balaban J connectivity index is 1.80. The molecule has 1 heterocycles. The number of aryl methyl sites for hydroxylation is 1. The van der Waals surface area contributed by atoms with Crippen LogP contribution in [0.4, 0.5) is 4.79 Å². The Labute approximate surface area is 125 Å². The molecule has 0 unspecified atom stereocenters. The summed E-state index contributed by atoms with van der Waals surface area (Å²) in [6.45, 7) is 9.34. The molecule has 0 saturated heterocycles. The molecule has 2 amide bonds. The highest BCUT2D eigenvalue weighted by Gasteiger charge is 2.11. The number of hydrogen-bond acceptors (Lipinski definition) is 3. The van der Waals surface area contributed by atoms with E-state index < -0.39 is 0 Å². The van der Waals surface area contributed by atoms with Gasteiger partial charge in [0.05, 0.1) is 0 Å². The molecule has 2 N–H and O–H groups in total. The van der Waals surface area contributed by atoms with Crippen LogP contribution in [0.2, 0.25) is 0 Å². The average Bonchev–Trinajstić information content (AvgIpc) is 2.75. The summed E-state index contributed by atoms with van der Waals surface area (Å²) in [5, 5.41) is 5.72. The first-order chi connectivity index (χ1) is 9.83. The number of hydrogen-bond donors (Lipinski definition) is 2. The molecule has 0 spiro atoms. The van der Waals surface area contributed by atoms with Crippen LogP contribution in [0, 0.1) is 12.3 Å². The second-order valence-corrected chi connectivity index (χ2v) is 6.46. The molecule has 0 bridgehead atoms. The van der Waals surface area contributed by atoms with Crippen molar-refractivity contribution in [3.63, 3.8) is 0 Å². The Kier molecular flexibility index (Phi) is 4.50. The van der Waals surface area contributed by atoms with Crippen LogP contribution in [0.1, 0.15) is 32.2 Å². The predicted molar refractivity (Wildman–Crippen MR) is 83.3 cm³/mol. The molecule has 0 aliphatic rings. The number of nitrogens with zero attached hydrogens (tertiary/aromatic N) is 1. The number of carbonyl (C=O) groups is 1. The molecule has 2 aromatic rings. The molecule has 1 aromatic heterocycles. The summed E-state index contributed by atoms with van der Waals surface area (Å²) in [6.07, 6.45) is 0.763. The first-order valence-corrected chi connectivity index (χ1v) is 7.21. The molecule has 0 atom stereocenters. The van der Waals surface area contributed by atoms with E-state index in [1.54, 1.807) is 0 Å². The van der Waals surface area contributed by atoms with Crippen molar-refractivity contribution in [2.24, 2.45) is 5.41 Å². The minimum absolute atomic E-state index is 0.0898. The maximum atomic E-state index is 11.6. The summed E-state index contributed by atoms with van der Waals surface area (Å²) in [6, 6.07) is 5.81. The van der Waals surface area contributed by atoms with Crippen molar-refractivity contribution in [3.8, 4) is 0 Å². The third-order valence-electron chi connectivity index (χ3n) is 3.04. The minimum Gasteiger partial charge on any atom is -0.441 e. The fraction of sp³-hybridized carbons (Fsp3) is 0.500. The van der Waals surface area contributed by atoms with E-state index in [1.165, 1.54) is 0 Å². The first-order valence-electron chi connectivity index (χ1n) is 7.21. The fourth-order valence-corrected chi connectivity index (χ4v) is 1.97. The van der Waals surface area contributed by atoms with Gasteiger partial charge in [-0.3, -0.25) is 0 Å². The summed E-state index contributed by atoms with van der Waals surface area (Å²) in [7, 11) is 0. The first kappa shape index (κ1) is 15.4. The van der Waals surface area contributed by atoms with E-state index >= 15 is 0 Å². The Bertz CT molecular complexity index is 626. The molecule has 5 nitrogen and oxygen atoms in total. The standard InChI is InChI=1S/C16H23N3O2/c1-11-19-13-6-5-12(9-14(13)21-11)7-8-17-15(20)18-10-16(2,3)4/h5-6,9H,7-8,10H2,1-4H3,(H2,17,18,20). The van der Waals surface area contributed by atoms with Crippen LogP contribution in [-0.2, 0) is 6.42 Å². The maximum absolute atomic E-state index is 11.6. The van der Waals surface area contributed by atoms with Gasteiger partial charge in [0.25, 0.3) is 0 Å². The number of carbonyl (C=O) groups excluding carboxylic acids is 1. The number of amides is 2. The summed E-state index contributed by atoms with van der Waals surface area (Å²) >= 11 is 0. The van der Waals surface area contributed by atoms with Crippen molar-refractivity contribution >= 4 is 17.1 Å². The number of fused-ring (bicyclic) bond motifs is 1. The lowest BCUT2D eigenvalue weighted by Crippen LogP contribution is -2.40. The number of oxazole rings is 1. The van der Waals surface area contributed by atoms with Crippen LogP contribution in [0.5, 0.6) is 0 Å². The van der Waals surface area contributed by atoms with E-state index in [-0.39, 0.29) is 11.4 Å². The zero-order chi connectivity index (χ0) is 15.5. The molecule has 5 heteroatoms. The molecule has 0 aliphatic carbocycles. The molecule has 2 rings (SSSR count). The van der Waals surface area contributed by atoms with Crippen LogP contribution in [0.25, 0.3) is 11.1 Å². The van der Waals surface area contributed by atoms with Crippen LogP contribution in [0.15, 0.2) is 22.6 Å². The molecule has 0 fully saturated rings. The van der Waals surface area contributed by atoms with E-state index in [9.17, 15) is 4.79 Å². The highest BCUT2D eigenvalue weighted by Crippen LogP contribution is 2.17. The predicted octanol–water partition coefficient (Wildman–Crippen LogP) is 3.02.